The Morgan fingerprint density at radius 1 is 0.880 bits per heavy atom. The Hall–Kier alpha value is -3.40. The Bertz CT molecular complexity index is 847. The van der Waals surface area contributed by atoms with Crippen molar-refractivity contribution in [2.75, 3.05) is 7.11 Å². The molecule has 0 aliphatic rings. The number of hydrogen-bond donors (Lipinski definition) is 1. The van der Waals surface area contributed by atoms with Crippen LogP contribution in [0.1, 0.15) is 16.7 Å². The molecule has 0 saturated carbocycles. The molecule has 0 bridgehead atoms. The van der Waals surface area contributed by atoms with Crippen LogP contribution in [-0.2, 0) is 0 Å². The molecule has 4 heteroatoms. The summed E-state index contributed by atoms with van der Waals surface area (Å²) in [5.74, 6) is 0.497. The molecule has 0 amide bonds. The van der Waals surface area contributed by atoms with E-state index in [1.807, 2.05) is 66.7 Å². The molecule has 3 rings (SSSR count). The van der Waals surface area contributed by atoms with Gasteiger partial charge in [0.1, 0.15) is 5.71 Å². The average molecular weight is 330 g/mol. The van der Waals surface area contributed by atoms with Gasteiger partial charge in [-0.1, -0.05) is 60.7 Å². The van der Waals surface area contributed by atoms with E-state index in [0.29, 0.717) is 5.75 Å². The number of phenolic OH excluding ortho intramolecular Hbond substituents is 1. The number of rotatable bonds is 5. The van der Waals surface area contributed by atoms with Crippen molar-refractivity contribution in [2.24, 2.45) is 10.2 Å². The quantitative estimate of drug-likeness (QED) is 0.561. The molecular formula is C21H18N2O2. The standard InChI is InChI=1S/C21H18N2O2/c1-25-20-13-12-16(14-19(20)24)15-22-23-21(17-8-4-2-5-9-17)18-10-6-3-7-11-18/h2-15,24H,1H3. The molecule has 4 nitrogen and oxygen atoms in total. The highest BCUT2D eigenvalue weighted by Gasteiger charge is 2.06. The lowest BCUT2D eigenvalue weighted by molar-refractivity contribution is 0.373. The molecule has 0 aliphatic heterocycles. The zero-order valence-electron chi connectivity index (χ0n) is 13.8. The van der Waals surface area contributed by atoms with Gasteiger partial charge in [0.2, 0.25) is 0 Å². The molecule has 0 atom stereocenters. The lowest BCUT2D eigenvalue weighted by atomic mass is 10.0. The van der Waals surface area contributed by atoms with E-state index in [1.165, 1.54) is 7.11 Å². The van der Waals surface area contributed by atoms with Crippen molar-refractivity contribution in [3.63, 3.8) is 0 Å². The van der Waals surface area contributed by atoms with E-state index in [2.05, 4.69) is 10.2 Å². The van der Waals surface area contributed by atoms with Crippen molar-refractivity contribution in [2.45, 2.75) is 0 Å². The largest absolute Gasteiger partial charge is 0.504 e. The first kappa shape index (κ1) is 16.5. The minimum atomic E-state index is 0.0711. The molecule has 0 aliphatic carbocycles. The molecule has 3 aromatic rings. The van der Waals surface area contributed by atoms with Crippen LogP contribution in [0.5, 0.6) is 11.5 Å². The second-order valence-corrected chi connectivity index (χ2v) is 5.36. The van der Waals surface area contributed by atoms with Gasteiger partial charge in [-0.05, 0) is 23.8 Å². The maximum absolute atomic E-state index is 9.83. The van der Waals surface area contributed by atoms with Gasteiger partial charge < -0.3 is 9.84 Å². The average Bonchev–Trinajstić information content (AvgIpc) is 2.67. The lowest BCUT2D eigenvalue weighted by Crippen LogP contribution is -2.02. The molecule has 0 heterocycles. The van der Waals surface area contributed by atoms with Crippen LogP contribution in [0, 0.1) is 0 Å². The summed E-state index contributed by atoms with van der Waals surface area (Å²) in [4.78, 5) is 0. The van der Waals surface area contributed by atoms with Crippen LogP contribution in [0.25, 0.3) is 0 Å². The number of hydrogen-bond acceptors (Lipinski definition) is 4. The van der Waals surface area contributed by atoms with Gasteiger partial charge in [-0.3, -0.25) is 0 Å². The summed E-state index contributed by atoms with van der Waals surface area (Å²) in [7, 11) is 1.51. The molecule has 0 saturated heterocycles. The summed E-state index contributed by atoms with van der Waals surface area (Å²) in [5.41, 5.74) is 3.50. The Morgan fingerprint density at radius 2 is 1.48 bits per heavy atom. The summed E-state index contributed by atoms with van der Waals surface area (Å²) in [6, 6.07) is 24.9. The first-order valence-corrected chi connectivity index (χ1v) is 7.87. The lowest BCUT2D eigenvalue weighted by Gasteiger charge is -2.05. The van der Waals surface area contributed by atoms with Crippen LogP contribution in [0.15, 0.2) is 89.1 Å². The van der Waals surface area contributed by atoms with Crippen LogP contribution in [0.4, 0.5) is 0 Å². The fourth-order valence-corrected chi connectivity index (χ4v) is 2.41. The summed E-state index contributed by atoms with van der Waals surface area (Å²) in [6.07, 6.45) is 1.60. The Kier molecular flexibility index (Phi) is 5.22. The highest BCUT2D eigenvalue weighted by Crippen LogP contribution is 2.25. The van der Waals surface area contributed by atoms with Gasteiger partial charge in [-0.25, -0.2) is 0 Å². The molecular weight excluding hydrogens is 312 g/mol. The number of nitrogens with zero attached hydrogens (tertiary/aromatic N) is 2. The second-order valence-electron chi connectivity index (χ2n) is 5.36. The minimum Gasteiger partial charge on any atom is -0.504 e. The molecule has 25 heavy (non-hydrogen) atoms. The third-order valence-electron chi connectivity index (χ3n) is 3.66. The summed E-state index contributed by atoms with van der Waals surface area (Å²) >= 11 is 0. The highest BCUT2D eigenvalue weighted by atomic mass is 16.5. The van der Waals surface area contributed by atoms with Crippen molar-refractivity contribution >= 4 is 11.9 Å². The normalized spacial score (nSPS) is 10.6. The van der Waals surface area contributed by atoms with Crippen LogP contribution >= 0.6 is 0 Å². The minimum absolute atomic E-state index is 0.0711. The zero-order valence-corrected chi connectivity index (χ0v) is 13.8. The number of benzene rings is 3. The first-order valence-electron chi connectivity index (χ1n) is 7.87. The Balaban J connectivity index is 1.93. The first-order chi connectivity index (χ1) is 12.3. The molecule has 0 spiro atoms. The molecule has 0 fully saturated rings. The van der Waals surface area contributed by atoms with E-state index in [9.17, 15) is 5.11 Å². The Morgan fingerprint density at radius 3 is 2.00 bits per heavy atom. The third kappa shape index (κ3) is 4.12. The van der Waals surface area contributed by atoms with Gasteiger partial charge in [0.15, 0.2) is 11.5 Å². The topological polar surface area (TPSA) is 54.2 Å². The number of ether oxygens (including phenoxy) is 1. The van der Waals surface area contributed by atoms with Gasteiger partial charge in [-0.15, -0.1) is 5.10 Å². The van der Waals surface area contributed by atoms with E-state index < -0.39 is 0 Å². The van der Waals surface area contributed by atoms with Crippen LogP contribution in [-0.4, -0.2) is 24.1 Å². The van der Waals surface area contributed by atoms with Crippen molar-refractivity contribution in [1.29, 1.82) is 0 Å². The predicted octanol–water partition coefficient (Wildman–Crippen LogP) is 4.27. The number of methoxy groups -OCH3 is 1. The maximum Gasteiger partial charge on any atom is 0.160 e. The predicted molar refractivity (Wildman–Crippen MR) is 101 cm³/mol. The fraction of sp³-hybridized carbons (Fsp3) is 0.0476. The molecule has 0 unspecified atom stereocenters. The molecule has 1 N–H and O–H groups in total. The number of phenols is 1. The zero-order chi connectivity index (χ0) is 17.5. The Labute approximate surface area is 146 Å². The smallest absolute Gasteiger partial charge is 0.160 e. The molecule has 3 aromatic carbocycles. The summed E-state index contributed by atoms with van der Waals surface area (Å²) in [6.45, 7) is 0. The van der Waals surface area contributed by atoms with E-state index >= 15 is 0 Å². The summed E-state index contributed by atoms with van der Waals surface area (Å²) in [5, 5.41) is 18.4. The van der Waals surface area contributed by atoms with Crippen molar-refractivity contribution < 1.29 is 9.84 Å². The molecule has 0 radical (unpaired) electrons. The van der Waals surface area contributed by atoms with E-state index in [-0.39, 0.29) is 5.75 Å². The van der Waals surface area contributed by atoms with Gasteiger partial charge in [0.25, 0.3) is 0 Å². The second kappa shape index (κ2) is 7.93. The summed E-state index contributed by atoms with van der Waals surface area (Å²) < 4.78 is 5.04. The van der Waals surface area contributed by atoms with Gasteiger partial charge >= 0.3 is 0 Å². The molecule has 124 valence electrons. The molecule has 0 aromatic heterocycles. The SMILES string of the molecule is COc1ccc(C=NN=C(c2ccccc2)c2ccccc2)cc1O. The fourth-order valence-electron chi connectivity index (χ4n) is 2.41. The van der Waals surface area contributed by atoms with E-state index in [4.69, 9.17) is 4.74 Å². The number of aromatic hydroxyl groups is 1. The van der Waals surface area contributed by atoms with Gasteiger partial charge in [0, 0.05) is 11.1 Å². The van der Waals surface area contributed by atoms with Crippen molar-refractivity contribution in [1.82, 2.24) is 0 Å². The van der Waals surface area contributed by atoms with Crippen molar-refractivity contribution in [3.05, 3.63) is 95.6 Å². The van der Waals surface area contributed by atoms with Crippen molar-refractivity contribution in [3.8, 4) is 11.5 Å². The maximum atomic E-state index is 9.83. The monoisotopic (exact) mass is 330 g/mol. The third-order valence-corrected chi connectivity index (χ3v) is 3.66. The van der Waals surface area contributed by atoms with E-state index in [1.54, 1.807) is 18.3 Å². The van der Waals surface area contributed by atoms with Gasteiger partial charge in [0.05, 0.1) is 13.3 Å². The van der Waals surface area contributed by atoms with Crippen LogP contribution in [0.3, 0.4) is 0 Å². The van der Waals surface area contributed by atoms with E-state index in [0.717, 1.165) is 22.4 Å². The highest BCUT2D eigenvalue weighted by molar-refractivity contribution is 6.12. The van der Waals surface area contributed by atoms with Crippen LogP contribution < -0.4 is 4.74 Å². The van der Waals surface area contributed by atoms with Crippen LogP contribution in [0.2, 0.25) is 0 Å². The van der Waals surface area contributed by atoms with Gasteiger partial charge in [-0.2, -0.15) is 5.10 Å².